The van der Waals surface area contributed by atoms with Crippen LogP contribution in [0.4, 0.5) is 13.6 Å². The Morgan fingerprint density at radius 3 is 2.34 bits per heavy atom. The standard InChI is InChI=1S/C20H30F2N2O5/c1-5-28-17(26)12-6-8-13(9-7-12)24-15(25)10-14-16(24)20(21,22)11-23(14)18(27)29-19(2,3)4/h12-14,16H,5-11H2,1-4H3/t12?,13?,14-,16+/m0/s1. The first-order valence-corrected chi connectivity index (χ1v) is 10.3. The van der Waals surface area contributed by atoms with E-state index in [-0.39, 0.29) is 30.3 Å². The van der Waals surface area contributed by atoms with Crippen LogP contribution in [0.5, 0.6) is 0 Å². The largest absolute Gasteiger partial charge is 0.466 e. The average molecular weight is 416 g/mol. The Morgan fingerprint density at radius 2 is 1.79 bits per heavy atom. The first-order valence-electron chi connectivity index (χ1n) is 10.3. The number of carbonyl (C=O) groups is 3. The monoisotopic (exact) mass is 416 g/mol. The molecule has 3 aliphatic rings. The quantitative estimate of drug-likeness (QED) is 0.661. The van der Waals surface area contributed by atoms with Crippen LogP contribution in [0.3, 0.4) is 0 Å². The fraction of sp³-hybridized carbons (Fsp3) is 0.850. The number of esters is 1. The molecule has 0 aromatic rings. The van der Waals surface area contributed by atoms with Crippen LogP contribution in [0, 0.1) is 5.92 Å². The van der Waals surface area contributed by atoms with E-state index in [0.717, 1.165) is 4.90 Å². The number of likely N-dealkylation sites (tertiary alicyclic amines) is 2. The Labute approximate surface area is 169 Å². The SMILES string of the molecule is CCOC(=O)C1CCC(N2C(=O)C[C@H]3[C@@H]2C(F)(F)CN3C(=O)OC(C)(C)C)CC1. The molecule has 7 nitrogen and oxygen atoms in total. The second-order valence-electron chi connectivity index (χ2n) is 9.14. The molecule has 3 rings (SSSR count). The fourth-order valence-electron chi connectivity index (χ4n) is 4.74. The molecular formula is C20H30F2N2O5. The van der Waals surface area contributed by atoms with E-state index in [1.807, 2.05) is 0 Å². The Balaban J connectivity index is 1.72. The van der Waals surface area contributed by atoms with Gasteiger partial charge < -0.3 is 14.4 Å². The Morgan fingerprint density at radius 1 is 1.17 bits per heavy atom. The lowest BCUT2D eigenvalue weighted by atomic mass is 9.85. The van der Waals surface area contributed by atoms with Crippen molar-refractivity contribution >= 4 is 18.0 Å². The summed E-state index contributed by atoms with van der Waals surface area (Å²) in [5.74, 6) is -4.08. The molecule has 9 heteroatoms. The number of carbonyl (C=O) groups excluding carboxylic acids is 3. The summed E-state index contributed by atoms with van der Waals surface area (Å²) in [4.78, 5) is 39.3. The minimum Gasteiger partial charge on any atom is -0.466 e. The molecular weight excluding hydrogens is 386 g/mol. The van der Waals surface area contributed by atoms with Gasteiger partial charge in [-0.15, -0.1) is 0 Å². The lowest BCUT2D eigenvalue weighted by Gasteiger charge is -2.38. The van der Waals surface area contributed by atoms with Crippen LogP contribution in [0.25, 0.3) is 0 Å². The number of nitrogens with zero attached hydrogens (tertiary/aromatic N) is 2. The maximum atomic E-state index is 14.9. The van der Waals surface area contributed by atoms with Crippen LogP contribution < -0.4 is 0 Å². The van der Waals surface area contributed by atoms with Crippen molar-refractivity contribution in [1.82, 2.24) is 9.80 Å². The molecule has 2 heterocycles. The van der Waals surface area contributed by atoms with Gasteiger partial charge in [0.1, 0.15) is 11.6 Å². The van der Waals surface area contributed by atoms with Crippen molar-refractivity contribution in [2.24, 2.45) is 5.92 Å². The van der Waals surface area contributed by atoms with Gasteiger partial charge in [0.15, 0.2) is 0 Å². The molecule has 0 N–H and O–H groups in total. The summed E-state index contributed by atoms with van der Waals surface area (Å²) in [7, 11) is 0. The number of fused-ring (bicyclic) bond motifs is 1. The number of amides is 2. The normalized spacial score (nSPS) is 31.6. The number of hydrogen-bond acceptors (Lipinski definition) is 5. The first-order chi connectivity index (χ1) is 13.4. The number of rotatable bonds is 3. The Bertz CT molecular complexity index is 670. The predicted octanol–water partition coefficient (Wildman–Crippen LogP) is 2.96. The third kappa shape index (κ3) is 4.33. The van der Waals surface area contributed by atoms with E-state index in [0.29, 0.717) is 32.3 Å². The van der Waals surface area contributed by atoms with Crippen LogP contribution in [0.15, 0.2) is 0 Å². The lowest BCUT2D eigenvalue weighted by molar-refractivity contribution is -0.150. The number of halogens is 2. The van der Waals surface area contributed by atoms with Crippen molar-refractivity contribution in [2.45, 2.75) is 89.4 Å². The number of hydrogen-bond donors (Lipinski definition) is 0. The van der Waals surface area contributed by atoms with Gasteiger partial charge in [-0.2, -0.15) is 0 Å². The molecule has 0 unspecified atom stereocenters. The average Bonchev–Trinajstić information content (AvgIpc) is 3.08. The van der Waals surface area contributed by atoms with Gasteiger partial charge in [-0.05, 0) is 53.4 Å². The zero-order chi connectivity index (χ0) is 21.6. The van der Waals surface area contributed by atoms with E-state index in [1.54, 1.807) is 27.7 Å². The molecule has 3 fully saturated rings. The molecule has 2 aliphatic heterocycles. The molecule has 164 valence electrons. The minimum atomic E-state index is -3.20. The molecule has 2 amide bonds. The van der Waals surface area contributed by atoms with Gasteiger partial charge in [-0.3, -0.25) is 14.5 Å². The third-order valence-corrected chi connectivity index (χ3v) is 5.89. The maximum absolute atomic E-state index is 14.9. The lowest BCUT2D eigenvalue weighted by Crippen LogP contribution is -2.52. The minimum absolute atomic E-state index is 0.128. The highest BCUT2D eigenvalue weighted by molar-refractivity contribution is 5.83. The van der Waals surface area contributed by atoms with Gasteiger partial charge in [0.05, 0.1) is 25.1 Å². The van der Waals surface area contributed by atoms with Crippen LogP contribution in [-0.4, -0.2) is 70.6 Å². The van der Waals surface area contributed by atoms with E-state index in [4.69, 9.17) is 9.47 Å². The molecule has 0 aromatic carbocycles. The Kier molecular flexibility index (Phi) is 5.80. The zero-order valence-corrected chi connectivity index (χ0v) is 17.5. The van der Waals surface area contributed by atoms with E-state index >= 15 is 0 Å². The Hall–Kier alpha value is -1.93. The van der Waals surface area contributed by atoms with E-state index in [2.05, 4.69) is 0 Å². The van der Waals surface area contributed by atoms with Gasteiger partial charge in [0.2, 0.25) is 5.91 Å². The summed E-state index contributed by atoms with van der Waals surface area (Å²) in [5.41, 5.74) is -0.807. The molecule has 0 aromatic heterocycles. The molecule has 0 spiro atoms. The highest BCUT2D eigenvalue weighted by atomic mass is 19.3. The molecule has 29 heavy (non-hydrogen) atoms. The summed E-state index contributed by atoms with van der Waals surface area (Å²) in [6, 6.07) is -2.59. The van der Waals surface area contributed by atoms with E-state index in [9.17, 15) is 23.2 Å². The van der Waals surface area contributed by atoms with E-state index in [1.165, 1.54) is 4.90 Å². The highest BCUT2D eigenvalue weighted by Crippen LogP contribution is 2.45. The topological polar surface area (TPSA) is 76.2 Å². The number of ether oxygens (including phenoxy) is 2. The van der Waals surface area contributed by atoms with Crippen molar-refractivity contribution in [2.75, 3.05) is 13.2 Å². The summed E-state index contributed by atoms with van der Waals surface area (Å²) in [6.45, 7) is 6.31. The van der Waals surface area contributed by atoms with Crippen LogP contribution in [0.1, 0.15) is 59.8 Å². The molecule has 2 saturated heterocycles. The number of alkyl halides is 2. The molecule has 1 aliphatic carbocycles. The van der Waals surface area contributed by atoms with Crippen LogP contribution >= 0.6 is 0 Å². The van der Waals surface area contributed by atoms with Crippen molar-refractivity contribution < 1.29 is 32.6 Å². The first kappa shape index (κ1) is 21.8. The van der Waals surface area contributed by atoms with Gasteiger partial charge >= 0.3 is 12.1 Å². The smallest absolute Gasteiger partial charge is 0.410 e. The molecule has 2 atom stereocenters. The summed E-state index contributed by atoms with van der Waals surface area (Å²) >= 11 is 0. The van der Waals surface area contributed by atoms with E-state index < -0.39 is 36.2 Å². The summed E-state index contributed by atoms with van der Waals surface area (Å²) < 4.78 is 40.1. The molecule has 0 radical (unpaired) electrons. The summed E-state index contributed by atoms with van der Waals surface area (Å²) in [6.07, 6.45) is 1.02. The van der Waals surface area contributed by atoms with Gasteiger partial charge in [0.25, 0.3) is 5.92 Å². The molecule has 1 saturated carbocycles. The second-order valence-corrected chi connectivity index (χ2v) is 9.14. The maximum Gasteiger partial charge on any atom is 0.410 e. The van der Waals surface area contributed by atoms with Gasteiger partial charge in [-0.1, -0.05) is 0 Å². The third-order valence-electron chi connectivity index (χ3n) is 5.89. The zero-order valence-electron chi connectivity index (χ0n) is 17.5. The van der Waals surface area contributed by atoms with Crippen LogP contribution in [0.2, 0.25) is 0 Å². The summed E-state index contributed by atoms with van der Waals surface area (Å²) in [5, 5.41) is 0. The van der Waals surface area contributed by atoms with Crippen molar-refractivity contribution in [1.29, 1.82) is 0 Å². The van der Waals surface area contributed by atoms with Gasteiger partial charge in [0, 0.05) is 12.5 Å². The van der Waals surface area contributed by atoms with Gasteiger partial charge in [-0.25, -0.2) is 13.6 Å². The highest BCUT2D eigenvalue weighted by Gasteiger charge is 2.64. The van der Waals surface area contributed by atoms with Crippen molar-refractivity contribution in [3.05, 3.63) is 0 Å². The predicted molar refractivity (Wildman–Crippen MR) is 99.3 cm³/mol. The fourth-order valence-corrected chi connectivity index (χ4v) is 4.74. The van der Waals surface area contributed by atoms with Crippen molar-refractivity contribution in [3.63, 3.8) is 0 Å². The second kappa shape index (κ2) is 7.72. The molecule has 0 bridgehead atoms. The van der Waals surface area contributed by atoms with Crippen molar-refractivity contribution in [3.8, 4) is 0 Å². The van der Waals surface area contributed by atoms with Crippen LogP contribution in [-0.2, 0) is 19.1 Å².